The Balaban J connectivity index is 1.79. The first kappa shape index (κ1) is 17.7. The van der Waals surface area contributed by atoms with Gasteiger partial charge in [-0.05, 0) is 23.3 Å². The van der Waals surface area contributed by atoms with Crippen LogP contribution in [0.5, 0.6) is 0 Å². The molecule has 0 radical (unpaired) electrons. The zero-order valence-electron chi connectivity index (χ0n) is 15.3. The second kappa shape index (κ2) is 8.81. The molecule has 0 fully saturated rings. The van der Waals surface area contributed by atoms with Crippen molar-refractivity contribution in [1.29, 1.82) is 0 Å². The van der Waals surface area contributed by atoms with E-state index in [0.717, 1.165) is 24.5 Å². The molecule has 0 amide bonds. The number of benzene rings is 2. The highest BCUT2D eigenvalue weighted by atomic mass is 15.4. The summed E-state index contributed by atoms with van der Waals surface area (Å²) in [6.07, 6.45) is 3.65. The molecule has 4 nitrogen and oxygen atoms in total. The van der Waals surface area contributed by atoms with Gasteiger partial charge in [0.05, 0.1) is 25.0 Å². The van der Waals surface area contributed by atoms with Gasteiger partial charge in [0.1, 0.15) is 0 Å². The standard InChI is InChI=1S/C22H24N4/c1-25(2)22-13-14-23-21(15-22)16-24-26(17-19-9-5-3-6-10-19)18-20-11-7-4-8-12-20/h3-16H,17-18H2,1-2H3/b24-16+. The van der Waals surface area contributed by atoms with Crippen molar-refractivity contribution >= 4 is 11.9 Å². The Morgan fingerprint density at radius 1 is 0.846 bits per heavy atom. The molecule has 0 aliphatic rings. The molecular formula is C22H24N4. The molecule has 0 bridgehead atoms. The maximum atomic E-state index is 4.71. The Hall–Kier alpha value is -3.14. The zero-order valence-corrected chi connectivity index (χ0v) is 15.3. The number of hydrazone groups is 1. The number of anilines is 1. The van der Waals surface area contributed by atoms with Crippen molar-refractivity contribution in [1.82, 2.24) is 9.99 Å². The third kappa shape index (κ3) is 5.18. The SMILES string of the molecule is CN(C)c1ccnc(/C=N/N(Cc2ccccc2)Cc2ccccc2)c1. The largest absolute Gasteiger partial charge is 0.378 e. The minimum absolute atomic E-state index is 0.750. The van der Waals surface area contributed by atoms with Crippen molar-refractivity contribution in [3.05, 3.63) is 95.8 Å². The summed E-state index contributed by atoms with van der Waals surface area (Å²) >= 11 is 0. The molecule has 0 spiro atoms. The van der Waals surface area contributed by atoms with Crippen LogP contribution in [-0.4, -0.2) is 30.3 Å². The monoisotopic (exact) mass is 344 g/mol. The van der Waals surface area contributed by atoms with Crippen LogP contribution in [0, 0.1) is 0 Å². The fourth-order valence-corrected chi connectivity index (χ4v) is 2.65. The number of nitrogens with zero attached hydrogens (tertiary/aromatic N) is 4. The average Bonchev–Trinajstić information content (AvgIpc) is 2.68. The lowest BCUT2D eigenvalue weighted by Gasteiger charge is -2.19. The number of pyridine rings is 1. The number of hydrogen-bond donors (Lipinski definition) is 0. The van der Waals surface area contributed by atoms with Gasteiger partial charge in [0.2, 0.25) is 0 Å². The molecule has 4 heteroatoms. The molecule has 0 saturated heterocycles. The highest BCUT2D eigenvalue weighted by Gasteiger charge is 2.05. The molecule has 0 saturated carbocycles. The van der Waals surface area contributed by atoms with E-state index in [0.29, 0.717) is 0 Å². The van der Waals surface area contributed by atoms with Gasteiger partial charge in [-0.2, -0.15) is 5.10 Å². The molecule has 3 rings (SSSR count). The first-order chi connectivity index (χ1) is 12.7. The minimum Gasteiger partial charge on any atom is -0.378 e. The van der Waals surface area contributed by atoms with E-state index in [1.54, 1.807) is 0 Å². The number of aromatic nitrogens is 1. The summed E-state index contributed by atoms with van der Waals surface area (Å²) in [5.74, 6) is 0. The van der Waals surface area contributed by atoms with Gasteiger partial charge in [-0.25, -0.2) is 0 Å². The molecule has 1 heterocycles. The summed E-state index contributed by atoms with van der Waals surface area (Å²) in [6.45, 7) is 1.50. The molecular weight excluding hydrogens is 320 g/mol. The first-order valence-electron chi connectivity index (χ1n) is 8.71. The summed E-state index contributed by atoms with van der Waals surface area (Å²) in [6, 6.07) is 24.8. The van der Waals surface area contributed by atoms with Crippen molar-refractivity contribution in [2.75, 3.05) is 19.0 Å². The molecule has 132 valence electrons. The molecule has 2 aromatic carbocycles. The fourth-order valence-electron chi connectivity index (χ4n) is 2.65. The second-order valence-electron chi connectivity index (χ2n) is 6.37. The second-order valence-corrected chi connectivity index (χ2v) is 6.37. The predicted octanol–water partition coefficient (Wildman–Crippen LogP) is 4.18. The summed E-state index contributed by atoms with van der Waals surface area (Å²) < 4.78 is 0. The molecule has 0 aliphatic heterocycles. The average molecular weight is 344 g/mol. The summed E-state index contributed by atoms with van der Waals surface area (Å²) in [4.78, 5) is 6.47. The Labute approximate surface area is 155 Å². The van der Waals surface area contributed by atoms with E-state index < -0.39 is 0 Å². The maximum absolute atomic E-state index is 4.71. The van der Waals surface area contributed by atoms with Gasteiger partial charge >= 0.3 is 0 Å². The molecule has 0 unspecified atom stereocenters. The molecule has 1 aromatic heterocycles. The van der Waals surface area contributed by atoms with Crippen LogP contribution < -0.4 is 4.90 Å². The quantitative estimate of drug-likeness (QED) is 0.476. The van der Waals surface area contributed by atoms with Gasteiger partial charge in [0.25, 0.3) is 0 Å². The lowest BCUT2D eigenvalue weighted by atomic mass is 10.2. The Morgan fingerprint density at radius 3 is 1.96 bits per heavy atom. The van der Waals surface area contributed by atoms with Crippen molar-refractivity contribution in [2.45, 2.75) is 13.1 Å². The van der Waals surface area contributed by atoms with Crippen molar-refractivity contribution in [2.24, 2.45) is 5.10 Å². The van der Waals surface area contributed by atoms with Gasteiger partial charge in [-0.1, -0.05) is 60.7 Å². The van der Waals surface area contributed by atoms with Gasteiger partial charge in [0.15, 0.2) is 0 Å². The van der Waals surface area contributed by atoms with Crippen LogP contribution in [0.25, 0.3) is 0 Å². The van der Waals surface area contributed by atoms with Crippen molar-refractivity contribution < 1.29 is 0 Å². The Kier molecular flexibility index (Phi) is 5.99. The Bertz CT molecular complexity index is 788. The zero-order chi connectivity index (χ0) is 18.2. The van der Waals surface area contributed by atoms with E-state index in [1.165, 1.54) is 11.1 Å². The molecule has 0 atom stereocenters. The van der Waals surface area contributed by atoms with Crippen LogP contribution in [0.4, 0.5) is 5.69 Å². The van der Waals surface area contributed by atoms with E-state index in [1.807, 2.05) is 50.8 Å². The maximum Gasteiger partial charge on any atom is 0.0850 e. The first-order valence-corrected chi connectivity index (χ1v) is 8.71. The van der Waals surface area contributed by atoms with Crippen molar-refractivity contribution in [3.8, 4) is 0 Å². The van der Waals surface area contributed by atoms with E-state index in [-0.39, 0.29) is 0 Å². The van der Waals surface area contributed by atoms with Crippen LogP contribution >= 0.6 is 0 Å². The predicted molar refractivity (Wildman–Crippen MR) is 108 cm³/mol. The number of hydrogen-bond acceptors (Lipinski definition) is 4. The molecule has 0 aliphatic carbocycles. The van der Waals surface area contributed by atoms with Crippen LogP contribution in [0.2, 0.25) is 0 Å². The molecule has 26 heavy (non-hydrogen) atoms. The van der Waals surface area contributed by atoms with E-state index >= 15 is 0 Å². The van der Waals surface area contributed by atoms with E-state index in [4.69, 9.17) is 5.10 Å². The van der Waals surface area contributed by atoms with Gasteiger partial charge in [-0.15, -0.1) is 0 Å². The summed E-state index contributed by atoms with van der Waals surface area (Å²) in [5.41, 5.74) is 4.42. The highest BCUT2D eigenvalue weighted by molar-refractivity contribution is 5.78. The third-order valence-corrected chi connectivity index (χ3v) is 4.05. The highest BCUT2D eigenvalue weighted by Crippen LogP contribution is 2.12. The van der Waals surface area contributed by atoms with Crippen LogP contribution in [-0.2, 0) is 13.1 Å². The minimum atomic E-state index is 0.750. The van der Waals surface area contributed by atoms with E-state index in [2.05, 4.69) is 63.4 Å². The van der Waals surface area contributed by atoms with Crippen LogP contribution in [0.1, 0.15) is 16.8 Å². The van der Waals surface area contributed by atoms with Gasteiger partial charge in [0, 0.05) is 26.0 Å². The third-order valence-electron chi connectivity index (χ3n) is 4.05. The lowest BCUT2D eigenvalue weighted by Crippen LogP contribution is -2.17. The van der Waals surface area contributed by atoms with Gasteiger partial charge < -0.3 is 4.90 Å². The molecule has 3 aromatic rings. The van der Waals surface area contributed by atoms with E-state index in [9.17, 15) is 0 Å². The topological polar surface area (TPSA) is 31.7 Å². The van der Waals surface area contributed by atoms with Gasteiger partial charge in [-0.3, -0.25) is 9.99 Å². The van der Waals surface area contributed by atoms with Crippen molar-refractivity contribution in [3.63, 3.8) is 0 Å². The Morgan fingerprint density at radius 2 is 1.42 bits per heavy atom. The lowest BCUT2D eigenvalue weighted by molar-refractivity contribution is 0.272. The summed E-state index contributed by atoms with van der Waals surface area (Å²) in [7, 11) is 4.04. The fraction of sp³-hybridized carbons (Fsp3) is 0.182. The smallest absolute Gasteiger partial charge is 0.0850 e. The molecule has 0 N–H and O–H groups in total. The summed E-state index contributed by atoms with van der Waals surface area (Å²) in [5, 5.41) is 6.78. The number of rotatable bonds is 7. The van der Waals surface area contributed by atoms with Crippen LogP contribution in [0.3, 0.4) is 0 Å². The normalized spacial score (nSPS) is 10.8. The van der Waals surface area contributed by atoms with Crippen LogP contribution in [0.15, 0.2) is 84.1 Å².